The molecular formula is C18H22BrN. The molecule has 20 heavy (non-hydrogen) atoms. The summed E-state index contributed by atoms with van der Waals surface area (Å²) in [6.07, 6.45) is 9.62. The summed E-state index contributed by atoms with van der Waals surface area (Å²) in [6.45, 7) is 0. The lowest BCUT2D eigenvalue weighted by molar-refractivity contribution is 0.471. The van der Waals surface area contributed by atoms with Crippen LogP contribution in [0.2, 0.25) is 0 Å². The quantitative estimate of drug-likeness (QED) is 0.698. The molecule has 2 heteroatoms. The van der Waals surface area contributed by atoms with Gasteiger partial charge in [-0.3, -0.25) is 0 Å². The normalized spacial score (nSPS) is 17.6. The largest absolute Gasteiger partial charge is 0.382 e. The summed E-state index contributed by atoms with van der Waals surface area (Å²) in [5.41, 5.74) is 1.27. The van der Waals surface area contributed by atoms with Crippen molar-refractivity contribution in [1.82, 2.24) is 0 Å². The maximum atomic E-state index is 3.74. The Hall–Kier alpha value is -1.02. The van der Waals surface area contributed by atoms with Gasteiger partial charge in [-0.1, -0.05) is 60.2 Å². The molecule has 0 bridgehead atoms. The van der Waals surface area contributed by atoms with Gasteiger partial charge in [-0.05, 0) is 47.9 Å². The molecule has 3 rings (SSSR count). The highest BCUT2D eigenvalue weighted by Crippen LogP contribution is 2.25. The zero-order valence-electron chi connectivity index (χ0n) is 11.9. The number of fused-ring (bicyclic) bond motifs is 1. The van der Waals surface area contributed by atoms with Crippen molar-refractivity contribution in [2.75, 3.05) is 5.32 Å². The Morgan fingerprint density at radius 3 is 2.25 bits per heavy atom. The molecule has 1 N–H and O–H groups in total. The molecule has 2 aromatic carbocycles. The molecule has 0 atom stereocenters. The van der Waals surface area contributed by atoms with Crippen LogP contribution < -0.4 is 5.32 Å². The first kappa shape index (κ1) is 13.9. The van der Waals surface area contributed by atoms with E-state index in [1.54, 1.807) is 0 Å². The number of rotatable bonds is 2. The number of hydrogen-bond acceptors (Lipinski definition) is 1. The SMILES string of the molecule is Brc1ccc2cc(NC3CCCCCCC3)ccc2c1. The highest BCUT2D eigenvalue weighted by molar-refractivity contribution is 9.10. The summed E-state index contributed by atoms with van der Waals surface area (Å²) in [5, 5.41) is 6.35. The molecule has 0 saturated heterocycles. The summed E-state index contributed by atoms with van der Waals surface area (Å²) in [7, 11) is 0. The average Bonchev–Trinajstić information content (AvgIpc) is 2.42. The Kier molecular flexibility index (Phi) is 4.62. The van der Waals surface area contributed by atoms with Gasteiger partial charge in [0.15, 0.2) is 0 Å². The van der Waals surface area contributed by atoms with E-state index in [1.165, 1.54) is 61.4 Å². The summed E-state index contributed by atoms with van der Waals surface area (Å²) in [6, 6.07) is 13.8. The van der Waals surface area contributed by atoms with Crippen LogP contribution in [0.15, 0.2) is 40.9 Å². The van der Waals surface area contributed by atoms with E-state index in [-0.39, 0.29) is 0 Å². The fraction of sp³-hybridized carbons (Fsp3) is 0.444. The van der Waals surface area contributed by atoms with Crippen LogP contribution >= 0.6 is 15.9 Å². The molecule has 0 heterocycles. The predicted molar refractivity (Wildman–Crippen MR) is 91.4 cm³/mol. The molecule has 0 aliphatic heterocycles. The van der Waals surface area contributed by atoms with E-state index in [1.807, 2.05) is 0 Å². The third-order valence-electron chi connectivity index (χ3n) is 4.28. The number of benzene rings is 2. The summed E-state index contributed by atoms with van der Waals surface area (Å²) in [4.78, 5) is 0. The van der Waals surface area contributed by atoms with Crippen molar-refractivity contribution in [3.8, 4) is 0 Å². The Labute approximate surface area is 129 Å². The summed E-state index contributed by atoms with van der Waals surface area (Å²) in [5.74, 6) is 0. The molecule has 0 spiro atoms. The molecular weight excluding hydrogens is 310 g/mol. The molecule has 1 fully saturated rings. The number of anilines is 1. The number of nitrogens with one attached hydrogen (secondary N) is 1. The summed E-state index contributed by atoms with van der Waals surface area (Å²) < 4.78 is 1.14. The van der Waals surface area contributed by atoms with Crippen molar-refractivity contribution in [3.63, 3.8) is 0 Å². The topological polar surface area (TPSA) is 12.0 Å². The Morgan fingerprint density at radius 2 is 1.45 bits per heavy atom. The fourth-order valence-electron chi connectivity index (χ4n) is 3.14. The summed E-state index contributed by atoms with van der Waals surface area (Å²) >= 11 is 3.53. The Bertz CT molecular complexity index is 571. The third kappa shape index (κ3) is 3.54. The van der Waals surface area contributed by atoms with E-state index in [0.29, 0.717) is 6.04 Å². The molecule has 0 radical (unpaired) electrons. The van der Waals surface area contributed by atoms with Gasteiger partial charge in [0.25, 0.3) is 0 Å². The van der Waals surface area contributed by atoms with Crippen LogP contribution in [0.5, 0.6) is 0 Å². The number of halogens is 1. The lowest BCUT2D eigenvalue weighted by Gasteiger charge is -2.22. The minimum absolute atomic E-state index is 0.656. The Morgan fingerprint density at radius 1 is 0.800 bits per heavy atom. The Balaban J connectivity index is 1.74. The molecule has 1 nitrogen and oxygen atoms in total. The third-order valence-corrected chi connectivity index (χ3v) is 4.77. The lowest BCUT2D eigenvalue weighted by Crippen LogP contribution is -2.20. The van der Waals surface area contributed by atoms with E-state index >= 15 is 0 Å². The van der Waals surface area contributed by atoms with Crippen molar-refractivity contribution < 1.29 is 0 Å². The van der Waals surface area contributed by atoms with E-state index < -0.39 is 0 Å². The van der Waals surface area contributed by atoms with Crippen LogP contribution in [0.4, 0.5) is 5.69 Å². The first-order valence-electron chi connectivity index (χ1n) is 7.77. The standard InChI is InChI=1S/C18H22BrN/c19-16-10-8-15-13-18(11-9-14(15)12-16)20-17-6-4-2-1-3-5-7-17/h8-13,17,20H,1-7H2. The van der Waals surface area contributed by atoms with Crippen LogP contribution in [0.3, 0.4) is 0 Å². The van der Waals surface area contributed by atoms with Crippen molar-refractivity contribution in [3.05, 3.63) is 40.9 Å². The maximum Gasteiger partial charge on any atom is 0.0348 e. The monoisotopic (exact) mass is 331 g/mol. The molecule has 1 saturated carbocycles. The molecule has 1 aliphatic rings. The van der Waals surface area contributed by atoms with E-state index in [2.05, 4.69) is 57.6 Å². The van der Waals surface area contributed by atoms with Gasteiger partial charge in [-0.2, -0.15) is 0 Å². The minimum atomic E-state index is 0.656. The average molecular weight is 332 g/mol. The highest BCUT2D eigenvalue weighted by Gasteiger charge is 2.11. The van der Waals surface area contributed by atoms with Crippen molar-refractivity contribution in [1.29, 1.82) is 0 Å². The van der Waals surface area contributed by atoms with E-state index in [4.69, 9.17) is 0 Å². The molecule has 2 aromatic rings. The first-order chi connectivity index (χ1) is 9.81. The minimum Gasteiger partial charge on any atom is -0.382 e. The molecule has 106 valence electrons. The van der Waals surface area contributed by atoms with Crippen LogP contribution in [0.25, 0.3) is 10.8 Å². The first-order valence-corrected chi connectivity index (χ1v) is 8.56. The second kappa shape index (κ2) is 6.62. The number of hydrogen-bond donors (Lipinski definition) is 1. The van der Waals surface area contributed by atoms with Crippen LogP contribution in [-0.4, -0.2) is 6.04 Å². The zero-order valence-corrected chi connectivity index (χ0v) is 13.5. The second-order valence-electron chi connectivity index (χ2n) is 5.89. The van der Waals surface area contributed by atoms with Crippen LogP contribution in [-0.2, 0) is 0 Å². The zero-order chi connectivity index (χ0) is 13.8. The fourth-order valence-corrected chi connectivity index (χ4v) is 3.52. The van der Waals surface area contributed by atoms with Gasteiger partial charge < -0.3 is 5.32 Å². The van der Waals surface area contributed by atoms with Gasteiger partial charge in [0.2, 0.25) is 0 Å². The van der Waals surface area contributed by atoms with E-state index in [9.17, 15) is 0 Å². The van der Waals surface area contributed by atoms with Gasteiger partial charge in [0, 0.05) is 16.2 Å². The smallest absolute Gasteiger partial charge is 0.0348 e. The van der Waals surface area contributed by atoms with Crippen LogP contribution in [0.1, 0.15) is 44.9 Å². The molecule has 0 amide bonds. The highest BCUT2D eigenvalue weighted by atomic mass is 79.9. The van der Waals surface area contributed by atoms with E-state index in [0.717, 1.165) is 4.47 Å². The predicted octanol–water partition coefficient (Wildman–Crippen LogP) is 6.13. The second-order valence-corrected chi connectivity index (χ2v) is 6.81. The molecule has 0 unspecified atom stereocenters. The van der Waals surface area contributed by atoms with Crippen molar-refractivity contribution in [2.45, 2.75) is 51.0 Å². The molecule has 0 aromatic heterocycles. The van der Waals surface area contributed by atoms with Gasteiger partial charge >= 0.3 is 0 Å². The van der Waals surface area contributed by atoms with Crippen molar-refractivity contribution >= 4 is 32.4 Å². The van der Waals surface area contributed by atoms with Gasteiger partial charge in [-0.15, -0.1) is 0 Å². The lowest BCUT2D eigenvalue weighted by atomic mass is 9.96. The van der Waals surface area contributed by atoms with Gasteiger partial charge in [0.1, 0.15) is 0 Å². The van der Waals surface area contributed by atoms with Gasteiger partial charge in [0.05, 0.1) is 0 Å². The molecule has 1 aliphatic carbocycles. The maximum absolute atomic E-state index is 3.74. The van der Waals surface area contributed by atoms with Gasteiger partial charge in [-0.25, -0.2) is 0 Å². The van der Waals surface area contributed by atoms with Crippen molar-refractivity contribution in [2.24, 2.45) is 0 Å². The van der Waals surface area contributed by atoms with Crippen LogP contribution in [0, 0.1) is 0 Å².